The lowest BCUT2D eigenvalue weighted by Crippen LogP contribution is -2.30. The first-order valence-corrected chi connectivity index (χ1v) is 7.60. The number of aliphatic hydroxyl groups excluding tert-OH is 1. The molecule has 1 aliphatic carbocycles. The van der Waals surface area contributed by atoms with Crippen LogP contribution in [0.15, 0.2) is 24.3 Å². The molecule has 118 valence electrons. The molecular formula is C17H23F3O. The van der Waals surface area contributed by atoms with Gasteiger partial charge in [-0.1, -0.05) is 32.0 Å². The molecule has 2 rings (SSSR count). The summed E-state index contributed by atoms with van der Waals surface area (Å²) in [6.07, 6.45) is -1.48. The molecule has 0 bridgehead atoms. The zero-order valence-electron chi connectivity index (χ0n) is 12.5. The quantitative estimate of drug-likeness (QED) is 0.859. The van der Waals surface area contributed by atoms with E-state index in [1.807, 2.05) is 0 Å². The van der Waals surface area contributed by atoms with Gasteiger partial charge in [0.2, 0.25) is 0 Å². The van der Waals surface area contributed by atoms with Gasteiger partial charge in [-0.15, -0.1) is 0 Å². The Morgan fingerprint density at radius 2 is 1.76 bits per heavy atom. The van der Waals surface area contributed by atoms with Crippen molar-refractivity contribution < 1.29 is 18.3 Å². The summed E-state index contributed by atoms with van der Waals surface area (Å²) < 4.78 is 38.1. The maximum atomic E-state index is 12.7. The highest BCUT2D eigenvalue weighted by Crippen LogP contribution is 2.36. The lowest BCUT2D eigenvalue weighted by atomic mass is 9.73. The lowest BCUT2D eigenvalue weighted by molar-refractivity contribution is -0.137. The van der Waals surface area contributed by atoms with Crippen LogP contribution in [0.4, 0.5) is 13.2 Å². The van der Waals surface area contributed by atoms with Crippen molar-refractivity contribution in [3.8, 4) is 0 Å². The van der Waals surface area contributed by atoms with Gasteiger partial charge in [0.05, 0.1) is 11.7 Å². The van der Waals surface area contributed by atoms with Crippen molar-refractivity contribution in [1.29, 1.82) is 0 Å². The highest BCUT2D eigenvalue weighted by Gasteiger charge is 2.32. The molecule has 1 N–H and O–H groups in total. The molecule has 0 spiro atoms. The van der Waals surface area contributed by atoms with Gasteiger partial charge in [-0.25, -0.2) is 0 Å². The Hall–Kier alpha value is -1.03. The average molecular weight is 300 g/mol. The SMILES string of the molecule is CC1CC(C)CC(C(O)Cc2cccc(C(F)(F)F)c2)C1. The molecule has 21 heavy (non-hydrogen) atoms. The van der Waals surface area contributed by atoms with Crippen molar-refractivity contribution in [1.82, 2.24) is 0 Å². The van der Waals surface area contributed by atoms with Crippen LogP contribution in [0.25, 0.3) is 0 Å². The highest BCUT2D eigenvalue weighted by atomic mass is 19.4. The predicted molar refractivity (Wildman–Crippen MR) is 76.8 cm³/mol. The fraction of sp³-hybridized carbons (Fsp3) is 0.647. The van der Waals surface area contributed by atoms with Crippen molar-refractivity contribution in [3.05, 3.63) is 35.4 Å². The monoisotopic (exact) mass is 300 g/mol. The molecule has 3 unspecified atom stereocenters. The van der Waals surface area contributed by atoms with E-state index >= 15 is 0 Å². The van der Waals surface area contributed by atoms with Crippen LogP contribution < -0.4 is 0 Å². The van der Waals surface area contributed by atoms with Crippen molar-refractivity contribution in [2.45, 2.75) is 51.8 Å². The van der Waals surface area contributed by atoms with Crippen LogP contribution in [0.2, 0.25) is 0 Å². The molecule has 0 saturated heterocycles. The van der Waals surface area contributed by atoms with Crippen LogP contribution >= 0.6 is 0 Å². The number of halogens is 3. The van der Waals surface area contributed by atoms with Crippen LogP contribution in [0, 0.1) is 17.8 Å². The zero-order chi connectivity index (χ0) is 15.6. The van der Waals surface area contributed by atoms with E-state index in [4.69, 9.17) is 0 Å². The second-order valence-electron chi connectivity index (χ2n) is 6.65. The topological polar surface area (TPSA) is 20.2 Å². The third-order valence-corrected chi connectivity index (χ3v) is 4.46. The summed E-state index contributed by atoms with van der Waals surface area (Å²) in [6, 6.07) is 5.30. The van der Waals surface area contributed by atoms with Crippen molar-refractivity contribution >= 4 is 0 Å². The van der Waals surface area contributed by atoms with E-state index in [0.717, 1.165) is 25.0 Å². The first-order chi connectivity index (χ1) is 9.75. The van der Waals surface area contributed by atoms with Gasteiger partial charge >= 0.3 is 6.18 Å². The predicted octanol–water partition coefficient (Wildman–Crippen LogP) is 4.68. The summed E-state index contributed by atoms with van der Waals surface area (Å²) in [4.78, 5) is 0. The minimum absolute atomic E-state index is 0.193. The van der Waals surface area contributed by atoms with Gasteiger partial charge < -0.3 is 5.11 Å². The lowest BCUT2D eigenvalue weighted by Gasteiger charge is -2.34. The second kappa shape index (κ2) is 6.39. The number of alkyl halides is 3. The fourth-order valence-corrected chi connectivity index (χ4v) is 3.61. The van der Waals surface area contributed by atoms with Crippen LogP contribution in [-0.4, -0.2) is 11.2 Å². The van der Waals surface area contributed by atoms with Crippen LogP contribution in [0.3, 0.4) is 0 Å². The van der Waals surface area contributed by atoms with Gasteiger partial charge in [0.15, 0.2) is 0 Å². The van der Waals surface area contributed by atoms with Gasteiger partial charge in [0.1, 0.15) is 0 Å². The standard InChI is InChI=1S/C17H23F3O/c1-11-6-12(2)8-14(7-11)16(21)10-13-4-3-5-15(9-13)17(18,19)20/h3-5,9,11-12,14,16,21H,6-8,10H2,1-2H3. The van der Waals surface area contributed by atoms with Crippen LogP contribution in [-0.2, 0) is 12.6 Å². The highest BCUT2D eigenvalue weighted by molar-refractivity contribution is 5.26. The Bertz CT molecular complexity index is 459. The Balaban J connectivity index is 2.04. The molecule has 0 heterocycles. The molecule has 0 radical (unpaired) electrons. The third-order valence-electron chi connectivity index (χ3n) is 4.46. The van der Waals surface area contributed by atoms with E-state index in [2.05, 4.69) is 13.8 Å². The summed E-state index contributed by atoms with van der Waals surface area (Å²) >= 11 is 0. The minimum Gasteiger partial charge on any atom is -0.392 e. The fourth-order valence-electron chi connectivity index (χ4n) is 3.61. The van der Waals surface area contributed by atoms with E-state index < -0.39 is 17.8 Å². The number of rotatable bonds is 3. The van der Waals surface area contributed by atoms with Crippen molar-refractivity contribution in [2.75, 3.05) is 0 Å². The van der Waals surface area contributed by atoms with Crippen LogP contribution in [0.5, 0.6) is 0 Å². The van der Waals surface area contributed by atoms with Gasteiger partial charge in [-0.05, 0) is 55.1 Å². The van der Waals surface area contributed by atoms with E-state index in [1.165, 1.54) is 12.5 Å². The smallest absolute Gasteiger partial charge is 0.392 e. The molecule has 1 aromatic rings. The molecule has 1 saturated carbocycles. The summed E-state index contributed by atoms with van der Waals surface area (Å²) in [7, 11) is 0. The third kappa shape index (κ3) is 4.47. The summed E-state index contributed by atoms with van der Waals surface area (Å²) in [5.74, 6) is 1.35. The first-order valence-electron chi connectivity index (χ1n) is 7.60. The maximum absolute atomic E-state index is 12.7. The largest absolute Gasteiger partial charge is 0.416 e. The van der Waals surface area contributed by atoms with E-state index in [9.17, 15) is 18.3 Å². The molecule has 1 aliphatic rings. The first kappa shape index (κ1) is 16.3. The Kier molecular flexibility index (Phi) is 4.97. The Labute approximate surface area is 124 Å². The molecule has 1 fully saturated rings. The molecule has 0 aliphatic heterocycles. The van der Waals surface area contributed by atoms with Crippen LogP contribution in [0.1, 0.15) is 44.2 Å². The normalized spacial score (nSPS) is 28.4. The van der Waals surface area contributed by atoms with Crippen molar-refractivity contribution in [2.24, 2.45) is 17.8 Å². The molecule has 1 aromatic carbocycles. The second-order valence-corrected chi connectivity index (χ2v) is 6.65. The Morgan fingerprint density at radius 3 is 2.33 bits per heavy atom. The Morgan fingerprint density at radius 1 is 1.14 bits per heavy atom. The molecule has 1 nitrogen and oxygen atoms in total. The molecule has 0 aromatic heterocycles. The van der Waals surface area contributed by atoms with Gasteiger partial charge in [0, 0.05) is 0 Å². The van der Waals surface area contributed by atoms with E-state index in [-0.39, 0.29) is 5.92 Å². The maximum Gasteiger partial charge on any atom is 0.416 e. The molecular weight excluding hydrogens is 277 g/mol. The number of benzene rings is 1. The zero-order valence-corrected chi connectivity index (χ0v) is 12.5. The van der Waals surface area contributed by atoms with E-state index in [0.29, 0.717) is 23.8 Å². The van der Waals surface area contributed by atoms with Gasteiger partial charge in [0.25, 0.3) is 0 Å². The van der Waals surface area contributed by atoms with E-state index in [1.54, 1.807) is 6.07 Å². The minimum atomic E-state index is -4.32. The van der Waals surface area contributed by atoms with Gasteiger partial charge in [-0.3, -0.25) is 0 Å². The summed E-state index contributed by atoms with van der Waals surface area (Å²) in [6.45, 7) is 4.36. The summed E-state index contributed by atoms with van der Waals surface area (Å²) in [5.41, 5.74) is -0.0826. The molecule has 4 heteroatoms. The molecule has 0 amide bonds. The molecule has 3 atom stereocenters. The number of aliphatic hydroxyl groups is 1. The average Bonchev–Trinajstić information content (AvgIpc) is 2.37. The van der Waals surface area contributed by atoms with Crippen molar-refractivity contribution in [3.63, 3.8) is 0 Å². The number of hydrogen-bond acceptors (Lipinski definition) is 1. The summed E-state index contributed by atoms with van der Waals surface area (Å²) in [5, 5.41) is 10.4. The van der Waals surface area contributed by atoms with Gasteiger partial charge in [-0.2, -0.15) is 13.2 Å². The number of hydrogen-bond donors (Lipinski definition) is 1.